The van der Waals surface area contributed by atoms with Gasteiger partial charge in [-0.15, -0.1) is 0 Å². The zero-order chi connectivity index (χ0) is 24.9. The molecule has 37 heavy (non-hydrogen) atoms. The van der Waals surface area contributed by atoms with Crippen LogP contribution in [0.5, 0.6) is 0 Å². The van der Waals surface area contributed by atoms with Crippen molar-refractivity contribution in [2.24, 2.45) is 34.5 Å². The van der Waals surface area contributed by atoms with Crippen LogP contribution in [0.4, 0.5) is 0 Å². The van der Waals surface area contributed by atoms with Crippen LogP contribution in [0, 0.1) is 34.5 Å². The number of nitrogens with one attached hydrogen (secondary N) is 1. The molecule has 6 saturated carbocycles. The summed E-state index contributed by atoms with van der Waals surface area (Å²) >= 11 is 0. The van der Waals surface area contributed by atoms with E-state index in [9.17, 15) is 0 Å². The van der Waals surface area contributed by atoms with E-state index in [1.165, 1.54) is 23.8 Å². The molecule has 2 aromatic carbocycles. The summed E-state index contributed by atoms with van der Waals surface area (Å²) in [5.74, 6) is 4.85. The average Bonchev–Trinajstić information content (AvgIpc) is 3.08. The Balaban J connectivity index is 1.07. The zero-order valence-electron chi connectivity index (χ0n) is 23.1. The third-order valence-corrected chi connectivity index (χ3v) is 18.2. The second kappa shape index (κ2) is 8.17. The lowest BCUT2D eigenvalue weighted by molar-refractivity contribution is -0.245. The zero-order valence-corrected chi connectivity index (χ0v) is 24.0. The highest BCUT2D eigenvalue weighted by molar-refractivity contribution is 7.61. The lowest BCUT2D eigenvalue weighted by atomic mass is 9.29. The largest absolute Gasteiger partial charge is 0.312 e. The Kier molecular flexibility index (Phi) is 5.24. The van der Waals surface area contributed by atoms with Gasteiger partial charge in [-0.05, 0) is 114 Å². The molecule has 1 N–H and O–H groups in total. The van der Waals surface area contributed by atoms with Gasteiger partial charge in [-0.2, -0.15) is 0 Å². The van der Waals surface area contributed by atoms with Gasteiger partial charge in [-0.25, -0.2) is 0 Å². The van der Waals surface area contributed by atoms with Gasteiger partial charge in [0.05, 0.1) is 0 Å². The molecule has 0 bridgehead atoms. The molecule has 10 unspecified atom stereocenters. The van der Waals surface area contributed by atoms with E-state index in [0.717, 1.165) is 52.4 Å². The average molecular weight is 512 g/mol. The molecule has 0 radical (unpaired) electrons. The SMILES string of the molecule is CCC1CC2(P(CNCC(Cc3ccccc3)c3ccccc3)C34CCC5CC(C3)C54C)CC3CCC132. The summed E-state index contributed by atoms with van der Waals surface area (Å²) in [5, 5.41) is 5.72. The molecule has 0 saturated heterocycles. The maximum atomic E-state index is 4.25. The number of rotatable bonds is 10. The Morgan fingerprint density at radius 2 is 1.59 bits per heavy atom. The highest BCUT2D eigenvalue weighted by atomic mass is 31.1. The van der Waals surface area contributed by atoms with Gasteiger partial charge in [0.2, 0.25) is 0 Å². The van der Waals surface area contributed by atoms with Crippen molar-refractivity contribution < 1.29 is 0 Å². The minimum Gasteiger partial charge on any atom is -0.312 e. The van der Waals surface area contributed by atoms with Gasteiger partial charge < -0.3 is 5.32 Å². The fourth-order valence-electron chi connectivity index (χ4n) is 11.9. The van der Waals surface area contributed by atoms with Crippen LogP contribution in [0.1, 0.15) is 88.7 Å². The van der Waals surface area contributed by atoms with Crippen molar-refractivity contribution in [3.8, 4) is 0 Å². The molecule has 0 aromatic heterocycles. The van der Waals surface area contributed by atoms with E-state index in [-0.39, 0.29) is 7.92 Å². The van der Waals surface area contributed by atoms with Crippen LogP contribution in [0.15, 0.2) is 60.7 Å². The summed E-state index contributed by atoms with van der Waals surface area (Å²) in [4.78, 5) is 0. The minimum atomic E-state index is 0.0234. The van der Waals surface area contributed by atoms with Gasteiger partial charge in [0, 0.05) is 18.7 Å². The summed E-state index contributed by atoms with van der Waals surface area (Å²) in [7, 11) is 0.0234. The van der Waals surface area contributed by atoms with E-state index in [2.05, 4.69) is 79.8 Å². The fourth-order valence-corrected chi connectivity index (χ4v) is 17.4. The van der Waals surface area contributed by atoms with Crippen LogP contribution in [-0.2, 0) is 6.42 Å². The first-order valence-corrected chi connectivity index (χ1v) is 17.2. The van der Waals surface area contributed by atoms with Crippen molar-refractivity contribution >= 4 is 7.92 Å². The smallest absolute Gasteiger partial charge is 0.0166 e. The lowest BCUT2D eigenvalue weighted by Gasteiger charge is -2.87. The first kappa shape index (κ1) is 23.7. The van der Waals surface area contributed by atoms with Crippen LogP contribution in [0.25, 0.3) is 0 Å². The quantitative estimate of drug-likeness (QED) is 0.315. The van der Waals surface area contributed by atoms with E-state index in [4.69, 9.17) is 0 Å². The Labute approximate surface area is 226 Å². The molecule has 0 aliphatic heterocycles. The van der Waals surface area contributed by atoms with E-state index >= 15 is 0 Å². The molecule has 196 valence electrons. The molecule has 0 amide bonds. The predicted molar refractivity (Wildman–Crippen MR) is 156 cm³/mol. The Bertz CT molecular complexity index is 1160. The van der Waals surface area contributed by atoms with Crippen LogP contribution in [0.3, 0.4) is 0 Å². The molecule has 6 aliphatic rings. The van der Waals surface area contributed by atoms with Crippen LogP contribution < -0.4 is 5.32 Å². The molecule has 0 heterocycles. The van der Waals surface area contributed by atoms with Crippen LogP contribution in [-0.4, -0.2) is 23.1 Å². The van der Waals surface area contributed by atoms with Gasteiger partial charge in [0.25, 0.3) is 0 Å². The van der Waals surface area contributed by atoms with Gasteiger partial charge in [0.1, 0.15) is 0 Å². The topological polar surface area (TPSA) is 12.0 Å². The molecule has 6 aliphatic carbocycles. The normalized spacial score (nSPS) is 45.5. The van der Waals surface area contributed by atoms with Gasteiger partial charge >= 0.3 is 0 Å². The fraction of sp³-hybridized carbons (Fsp3) is 0.657. The molecule has 2 heteroatoms. The Morgan fingerprint density at radius 1 is 0.865 bits per heavy atom. The van der Waals surface area contributed by atoms with E-state index in [0.29, 0.717) is 11.3 Å². The summed E-state index contributed by atoms with van der Waals surface area (Å²) in [6.45, 7) is 6.40. The van der Waals surface area contributed by atoms with Crippen LogP contribution >= 0.6 is 7.92 Å². The Morgan fingerprint density at radius 3 is 2.27 bits per heavy atom. The molecule has 6 fully saturated rings. The van der Waals surface area contributed by atoms with Crippen molar-refractivity contribution in [3.05, 3.63) is 71.8 Å². The van der Waals surface area contributed by atoms with E-state index in [1.54, 1.807) is 51.4 Å². The van der Waals surface area contributed by atoms with Gasteiger partial charge in [0.15, 0.2) is 0 Å². The van der Waals surface area contributed by atoms with E-state index in [1.807, 2.05) is 0 Å². The van der Waals surface area contributed by atoms with Crippen molar-refractivity contribution in [1.29, 1.82) is 0 Å². The third-order valence-electron chi connectivity index (χ3n) is 13.9. The second-order valence-electron chi connectivity index (χ2n) is 14.3. The van der Waals surface area contributed by atoms with Crippen molar-refractivity contribution in [2.45, 2.75) is 94.3 Å². The predicted octanol–water partition coefficient (Wildman–Crippen LogP) is 8.59. The van der Waals surface area contributed by atoms with Crippen molar-refractivity contribution in [2.75, 3.05) is 12.8 Å². The highest BCUT2D eigenvalue weighted by Gasteiger charge is 2.85. The minimum absolute atomic E-state index is 0.0234. The molecular weight excluding hydrogens is 465 g/mol. The maximum absolute atomic E-state index is 4.25. The third kappa shape index (κ3) is 2.80. The lowest BCUT2D eigenvalue weighted by Crippen LogP contribution is -2.81. The van der Waals surface area contributed by atoms with Gasteiger partial charge in [-0.1, -0.05) is 88.9 Å². The molecule has 10 atom stereocenters. The monoisotopic (exact) mass is 511 g/mol. The summed E-state index contributed by atoms with van der Waals surface area (Å²) in [5.41, 5.74) is 4.48. The Hall–Kier alpha value is -1.17. The first-order valence-electron chi connectivity index (χ1n) is 15.6. The molecule has 1 spiro atoms. The summed E-state index contributed by atoms with van der Waals surface area (Å²) in [6, 6.07) is 22.6. The van der Waals surface area contributed by atoms with Crippen molar-refractivity contribution in [3.63, 3.8) is 0 Å². The van der Waals surface area contributed by atoms with Crippen molar-refractivity contribution in [1.82, 2.24) is 5.32 Å². The molecule has 1 nitrogen and oxygen atoms in total. The van der Waals surface area contributed by atoms with Crippen LogP contribution in [0.2, 0.25) is 0 Å². The summed E-state index contributed by atoms with van der Waals surface area (Å²) < 4.78 is 0. The second-order valence-corrected chi connectivity index (χ2v) is 17.2. The van der Waals surface area contributed by atoms with E-state index < -0.39 is 0 Å². The maximum Gasteiger partial charge on any atom is 0.0166 e. The number of benzene rings is 2. The molecular formula is C35H46NP. The number of hydrogen-bond acceptors (Lipinski definition) is 1. The highest BCUT2D eigenvalue weighted by Crippen LogP contribution is 2.96. The van der Waals surface area contributed by atoms with Gasteiger partial charge in [-0.3, -0.25) is 0 Å². The number of hydrogen-bond donors (Lipinski definition) is 1. The molecule has 8 rings (SSSR count). The standard InChI is InChI=1S/C35H46NP/c1-3-28-20-34(21-30-15-17-35(28,30)34)37(33-16-14-29-19-31(22-33)32(29,33)2)24-36-23-27(26-12-8-5-9-13-26)18-25-10-6-4-7-11-25/h4-13,27-31,36H,3,14-24H2,1-2H3. The molecule has 2 aromatic rings. The summed E-state index contributed by atoms with van der Waals surface area (Å²) in [6.07, 6.45) is 16.5. The first-order chi connectivity index (χ1) is 18.1.